The zero-order valence-corrected chi connectivity index (χ0v) is 8.99. The lowest BCUT2D eigenvalue weighted by atomic mass is 9.83. The van der Waals surface area contributed by atoms with E-state index < -0.39 is 9.84 Å². The lowest BCUT2D eigenvalue weighted by Crippen LogP contribution is -2.39. The average molecular weight is 204 g/mol. The number of ketones is 1. The first-order valence-electron chi connectivity index (χ1n) is 4.59. The van der Waals surface area contributed by atoms with Crippen molar-refractivity contribution in [3.05, 3.63) is 0 Å². The molecular weight excluding hydrogens is 188 g/mol. The smallest absolute Gasteiger partial charge is 0.157 e. The molecule has 4 heteroatoms. The molecule has 0 bridgehead atoms. The predicted octanol–water partition coefficient (Wildman–Crippen LogP) is 1.18. The molecule has 0 aromatic heterocycles. The third kappa shape index (κ3) is 2.79. The SMILES string of the molecule is CCCC1(C)CC(=O)CS(=O)(=O)C1. The van der Waals surface area contributed by atoms with Crippen molar-refractivity contribution in [1.82, 2.24) is 0 Å². The summed E-state index contributed by atoms with van der Waals surface area (Å²) in [4.78, 5) is 11.2. The molecule has 1 aliphatic heterocycles. The largest absolute Gasteiger partial charge is 0.299 e. The molecule has 0 aliphatic carbocycles. The van der Waals surface area contributed by atoms with Gasteiger partial charge in [0.1, 0.15) is 11.5 Å². The van der Waals surface area contributed by atoms with Gasteiger partial charge in [0, 0.05) is 6.42 Å². The van der Waals surface area contributed by atoms with Gasteiger partial charge in [-0.25, -0.2) is 8.42 Å². The van der Waals surface area contributed by atoms with Gasteiger partial charge in [-0.1, -0.05) is 20.3 Å². The fourth-order valence-electron chi connectivity index (χ4n) is 2.17. The van der Waals surface area contributed by atoms with Gasteiger partial charge in [0.05, 0.1) is 5.75 Å². The summed E-state index contributed by atoms with van der Waals surface area (Å²) in [6, 6.07) is 0. The molecule has 1 atom stereocenters. The lowest BCUT2D eigenvalue weighted by molar-refractivity contribution is -0.119. The monoisotopic (exact) mass is 204 g/mol. The molecular formula is C9H16O3S. The van der Waals surface area contributed by atoms with E-state index >= 15 is 0 Å². The molecule has 1 heterocycles. The Morgan fingerprint density at radius 3 is 2.54 bits per heavy atom. The zero-order chi connectivity index (χ0) is 10.1. The number of sulfone groups is 1. The fraction of sp³-hybridized carbons (Fsp3) is 0.889. The third-order valence-corrected chi connectivity index (χ3v) is 4.33. The van der Waals surface area contributed by atoms with E-state index in [0.29, 0.717) is 6.42 Å². The predicted molar refractivity (Wildman–Crippen MR) is 51.3 cm³/mol. The number of hydrogen-bond acceptors (Lipinski definition) is 3. The minimum absolute atomic E-state index is 0.123. The van der Waals surface area contributed by atoms with Crippen LogP contribution in [-0.2, 0) is 14.6 Å². The van der Waals surface area contributed by atoms with Crippen LogP contribution in [-0.4, -0.2) is 25.7 Å². The van der Waals surface area contributed by atoms with Crippen LogP contribution in [0.15, 0.2) is 0 Å². The molecule has 0 spiro atoms. The summed E-state index contributed by atoms with van der Waals surface area (Å²) in [6.07, 6.45) is 2.18. The summed E-state index contributed by atoms with van der Waals surface area (Å²) < 4.78 is 22.7. The number of carbonyl (C=O) groups is 1. The van der Waals surface area contributed by atoms with Crippen LogP contribution in [0.4, 0.5) is 0 Å². The molecule has 0 saturated carbocycles. The highest BCUT2D eigenvalue weighted by Crippen LogP contribution is 2.33. The minimum Gasteiger partial charge on any atom is -0.299 e. The summed E-state index contributed by atoms with van der Waals surface area (Å²) in [6.45, 7) is 3.90. The molecule has 1 aliphatic rings. The average Bonchev–Trinajstić information content (AvgIpc) is 1.78. The zero-order valence-electron chi connectivity index (χ0n) is 8.17. The first kappa shape index (κ1) is 10.7. The van der Waals surface area contributed by atoms with E-state index in [1.807, 2.05) is 13.8 Å². The molecule has 3 nitrogen and oxygen atoms in total. The van der Waals surface area contributed by atoms with Gasteiger partial charge in [-0.05, 0) is 11.8 Å². The number of Topliss-reactive ketones (excluding diaryl/α,β-unsaturated/α-hetero) is 1. The van der Waals surface area contributed by atoms with Crippen molar-refractivity contribution >= 4 is 15.6 Å². The van der Waals surface area contributed by atoms with Crippen LogP contribution in [0.5, 0.6) is 0 Å². The minimum atomic E-state index is -3.11. The van der Waals surface area contributed by atoms with Crippen molar-refractivity contribution in [2.45, 2.75) is 33.1 Å². The van der Waals surface area contributed by atoms with Gasteiger partial charge in [-0.15, -0.1) is 0 Å². The highest BCUT2D eigenvalue weighted by molar-refractivity contribution is 7.92. The van der Waals surface area contributed by atoms with Crippen molar-refractivity contribution in [3.8, 4) is 0 Å². The maximum atomic E-state index is 11.3. The van der Waals surface area contributed by atoms with E-state index in [9.17, 15) is 13.2 Å². The molecule has 0 radical (unpaired) electrons. The van der Waals surface area contributed by atoms with Crippen LogP contribution in [0.2, 0.25) is 0 Å². The highest BCUT2D eigenvalue weighted by Gasteiger charge is 2.38. The van der Waals surface area contributed by atoms with Gasteiger partial charge in [0.25, 0.3) is 0 Å². The van der Waals surface area contributed by atoms with Crippen LogP contribution in [0, 0.1) is 5.41 Å². The molecule has 0 aromatic carbocycles. The first-order valence-corrected chi connectivity index (χ1v) is 6.41. The molecule has 1 fully saturated rings. The second-order valence-corrected chi connectivity index (χ2v) is 6.37. The molecule has 1 saturated heterocycles. The molecule has 76 valence electrons. The molecule has 1 unspecified atom stereocenters. The Morgan fingerprint density at radius 2 is 2.08 bits per heavy atom. The van der Waals surface area contributed by atoms with Crippen LogP contribution in [0.3, 0.4) is 0 Å². The van der Waals surface area contributed by atoms with Crippen molar-refractivity contribution in [2.75, 3.05) is 11.5 Å². The number of hydrogen-bond donors (Lipinski definition) is 0. The van der Waals surface area contributed by atoms with Crippen molar-refractivity contribution in [2.24, 2.45) is 5.41 Å². The Bertz CT molecular complexity index is 305. The van der Waals surface area contributed by atoms with E-state index in [0.717, 1.165) is 12.8 Å². The Labute approximate surface area is 79.4 Å². The van der Waals surface area contributed by atoms with Crippen molar-refractivity contribution in [1.29, 1.82) is 0 Å². The summed E-state index contributed by atoms with van der Waals surface area (Å²) in [5.74, 6) is -0.187. The highest BCUT2D eigenvalue weighted by atomic mass is 32.2. The van der Waals surface area contributed by atoms with Crippen LogP contribution < -0.4 is 0 Å². The second-order valence-electron chi connectivity index (χ2n) is 4.31. The number of carbonyl (C=O) groups excluding carboxylic acids is 1. The summed E-state index contributed by atoms with van der Waals surface area (Å²) in [5, 5.41) is 0. The fourth-order valence-corrected chi connectivity index (χ4v) is 4.17. The molecule has 0 aromatic rings. The van der Waals surface area contributed by atoms with Gasteiger partial charge < -0.3 is 0 Å². The Morgan fingerprint density at radius 1 is 1.46 bits per heavy atom. The maximum Gasteiger partial charge on any atom is 0.157 e. The summed E-state index contributed by atoms with van der Waals surface area (Å²) in [5.41, 5.74) is -0.303. The van der Waals surface area contributed by atoms with Gasteiger partial charge in [0.2, 0.25) is 0 Å². The third-order valence-electron chi connectivity index (χ3n) is 2.43. The van der Waals surface area contributed by atoms with Gasteiger partial charge >= 0.3 is 0 Å². The van der Waals surface area contributed by atoms with Gasteiger partial charge in [-0.3, -0.25) is 4.79 Å². The van der Waals surface area contributed by atoms with Crippen LogP contribution >= 0.6 is 0 Å². The van der Waals surface area contributed by atoms with E-state index in [-0.39, 0.29) is 22.7 Å². The molecule has 1 rings (SSSR count). The van der Waals surface area contributed by atoms with E-state index in [2.05, 4.69) is 0 Å². The van der Waals surface area contributed by atoms with E-state index in [1.54, 1.807) is 0 Å². The topological polar surface area (TPSA) is 51.2 Å². The summed E-state index contributed by atoms with van der Waals surface area (Å²) >= 11 is 0. The second kappa shape index (κ2) is 3.40. The molecule has 0 N–H and O–H groups in total. The maximum absolute atomic E-state index is 11.3. The van der Waals surface area contributed by atoms with E-state index in [1.165, 1.54) is 0 Å². The van der Waals surface area contributed by atoms with Gasteiger partial charge in [-0.2, -0.15) is 0 Å². The molecule has 13 heavy (non-hydrogen) atoms. The van der Waals surface area contributed by atoms with Crippen LogP contribution in [0.25, 0.3) is 0 Å². The van der Waals surface area contributed by atoms with Crippen LogP contribution in [0.1, 0.15) is 33.1 Å². The van der Waals surface area contributed by atoms with Crippen molar-refractivity contribution in [3.63, 3.8) is 0 Å². The normalized spacial score (nSPS) is 33.2. The number of rotatable bonds is 2. The standard InChI is InChI=1S/C9H16O3S/c1-3-4-9(2)5-8(10)6-13(11,12)7-9/h3-7H2,1-2H3. The Balaban J connectivity index is 2.84. The Hall–Kier alpha value is -0.380. The quantitative estimate of drug-likeness (QED) is 0.678. The van der Waals surface area contributed by atoms with Crippen molar-refractivity contribution < 1.29 is 13.2 Å². The van der Waals surface area contributed by atoms with Gasteiger partial charge in [0.15, 0.2) is 9.84 Å². The Kier molecular flexibility index (Phi) is 2.80. The summed E-state index contributed by atoms with van der Waals surface area (Å²) in [7, 11) is -3.11. The lowest BCUT2D eigenvalue weighted by Gasteiger charge is -2.31. The van der Waals surface area contributed by atoms with E-state index in [4.69, 9.17) is 0 Å². The first-order chi connectivity index (χ1) is 5.87. The molecule has 0 amide bonds.